The normalized spacial score (nSPS) is 19.1. The average Bonchev–Trinajstić information content (AvgIpc) is 3.08. The summed E-state index contributed by atoms with van der Waals surface area (Å²) in [5, 5.41) is 21.2. The van der Waals surface area contributed by atoms with Gasteiger partial charge >= 0.3 is 6.03 Å². The Morgan fingerprint density at radius 2 is 2.45 bits per heavy atom. The summed E-state index contributed by atoms with van der Waals surface area (Å²) in [6, 6.07) is 3.29. The van der Waals surface area contributed by atoms with E-state index in [9.17, 15) is 9.90 Å². The molecule has 7 nitrogen and oxygen atoms in total. The van der Waals surface area contributed by atoms with Gasteiger partial charge in [0.25, 0.3) is 0 Å². The number of aromatic nitrogens is 2. The lowest BCUT2D eigenvalue weighted by Gasteiger charge is -2.29. The molecular weight excluding hydrogens is 280 g/mol. The minimum Gasteiger partial charge on any atom is -0.462 e. The minimum absolute atomic E-state index is 0.258. The monoisotopic (exact) mass is 294 g/mol. The fourth-order valence-corrected chi connectivity index (χ4v) is 2.78. The Kier molecular flexibility index (Phi) is 3.66. The number of aliphatic hydroxyl groups excluding tert-OH is 1. The lowest BCUT2D eigenvalue weighted by atomic mass is 10.1. The second-order valence-corrected chi connectivity index (χ2v) is 5.54. The molecule has 106 valence electrons. The van der Waals surface area contributed by atoms with Crippen molar-refractivity contribution in [2.75, 3.05) is 18.4 Å². The zero-order chi connectivity index (χ0) is 13.9. The van der Waals surface area contributed by atoms with E-state index in [-0.39, 0.29) is 6.03 Å². The number of nitrogens with zero attached hydrogens (tertiary/aromatic N) is 3. The number of nitrogens with one attached hydrogen (secondary N) is 1. The molecular formula is C12H14N4O3S. The second kappa shape index (κ2) is 5.59. The maximum Gasteiger partial charge on any atom is 0.323 e. The van der Waals surface area contributed by atoms with Gasteiger partial charge in [0.2, 0.25) is 5.13 Å². The molecule has 8 heteroatoms. The number of anilines is 1. The number of rotatable bonds is 2. The Hall–Kier alpha value is -1.93. The van der Waals surface area contributed by atoms with E-state index in [0.29, 0.717) is 29.0 Å². The average molecular weight is 294 g/mol. The van der Waals surface area contributed by atoms with Crippen molar-refractivity contribution in [1.29, 1.82) is 0 Å². The summed E-state index contributed by atoms with van der Waals surface area (Å²) >= 11 is 1.25. The number of hydrogen-bond acceptors (Lipinski definition) is 6. The molecule has 1 aliphatic rings. The third kappa shape index (κ3) is 2.81. The standard InChI is InChI=1S/C12H14N4O3S/c17-8-3-1-5-16(7-8)12(18)13-11-15-14-10(20-11)9-4-2-6-19-9/h2,4,6,8,17H,1,3,5,7H2,(H,13,15,18). The largest absolute Gasteiger partial charge is 0.462 e. The van der Waals surface area contributed by atoms with Crippen molar-refractivity contribution in [3.05, 3.63) is 18.4 Å². The first-order chi connectivity index (χ1) is 9.72. The van der Waals surface area contributed by atoms with E-state index < -0.39 is 6.10 Å². The quantitative estimate of drug-likeness (QED) is 0.881. The number of carbonyl (C=O) groups is 1. The number of β-amino-alcohol motifs (C(OH)–C–C–N with tert-alkyl or cyclic N) is 1. The highest BCUT2D eigenvalue weighted by Crippen LogP contribution is 2.26. The molecule has 1 unspecified atom stereocenters. The van der Waals surface area contributed by atoms with Crippen LogP contribution in [0.4, 0.5) is 9.93 Å². The molecule has 2 N–H and O–H groups in total. The van der Waals surface area contributed by atoms with E-state index in [2.05, 4.69) is 15.5 Å². The lowest BCUT2D eigenvalue weighted by Crippen LogP contribution is -2.44. The molecule has 0 radical (unpaired) electrons. The number of furan rings is 1. The van der Waals surface area contributed by atoms with Crippen molar-refractivity contribution in [3.63, 3.8) is 0 Å². The van der Waals surface area contributed by atoms with Crippen LogP contribution in [-0.2, 0) is 0 Å². The van der Waals surface area contributed by atoms with Crippen LogP contribution in [0.3, 0.4) is 0 Å². The van der Waals surface area contributed by atoms with Crippen LogP contribution in [0.25, 0.3) is 10.8 Å². The summed E-state index contributed by atoms with van der Waals surface area (Å²) in [5.41, 5.74) is 0. The number of aliphatic hydroxyl groups is 1. The Labute approximate surface area is 119 Å². The molecule has 3 rings (SSSR count). The minimum atomic E-state index is -0.442. The molecule has 3 heterocycles. The van der Waals surface area contributed by atoms with E-state index in [0.717, 1.165) is 12.8 Å². The maximum absolute atomic E-state index is 12.0. The van der Waals surface area contributed by atoms with Crippen LogP contribution in [0.1, 0.15) is 12.8 Å². The van der Waals surface area contributed by atoms with Crippen molar-refractivity contribution >= 4 is 22.5 Å². The molecule has 1 fully saturated rings. The van der Waals surface area contributed by atoms with Crippen molar-refractivity contribution < 1.29 is 14.3 Å². The van der Waals surface area contributed by atoms with Gasteiger partial charge in [0.1, 0.15) is 0 Å². The summed E-state index contributed by atoms with van der Waals surface area (Å²) in [6.07, 6.45) is 2.67. The summed E-state index contributed by atoms with van der Waals surface area (Å²) < 4.78 is 5.22. The van der Waals surface area contributed by atoms with Gasteiger partial charge in [-0.05, 0) is 25.0 Å². The third-order valence-electron chi connectivity index (χ3n) is 3.05. The van der Waals surface area contributed by atoms with E-state index in [1.807, 2.05) is 0 Å². The van der Waals surface area contributed by atoms with Gasteiger partial charge in [-0.3, -0.25) is 5.32 Å². The fourth-order valence-electron chi connectivity index (χ4n) is 2.08. The first-order valence-electron chi connectivity index (χ1n) is 6.34. The molecule has 0 saturated carbocycles. The van der Waals surface area contributed by atoms with Crippen LogP contribution in [0, 0.1) is 0 Å². The first-order valence-corrected chi connectivity index (χ1v) is 7.15. The van der Waals surface area contributed by atoms with Crippen molar-refractivity contribution in [2.24, 2.45) is 0 Å². The summed E-state index contributed by atoms with van der Waals surface area (Å²) in [6.45, 7) is 1.00. The smallest absolute Gasteiger partial charge is 0.323 e. The van der Waals surface area contributed by atoms with Crippen LogP contribution in [0.15, 0.2) is 22.8 Å². The Balaban J connectivity index is 1.64. The van der Waals surface area contributed by atoms with Gasteiger partial charge in [-0.15, -0.1) is 10.2 Å². The van der Waals surface area contributed by atoms with Crippen LogP contribution in [-0.4, -0.2) is 45.4 Å². The Bertz CT molecular complexity index is 583. The Morgan fingerprint density at radius 3 is 3.20 bits per heavy atom. The predicted molar refractivity (Wildman–Crippen MR) is 73.4 cm³/mol. The van der Waals surface area contributed by atoms with Gasteiger partial charge in [-0.2, -0.15) is 0 Å². The number of likely N-dealkylation sites (tertiary alicyclic amines) is 1. The van der Waals surface area contributed by atoms with Crippen LogP contribution >= 0.6 is 11.3 Å². The van der Waals surface area contributed by atoms with Gasteiger partial charge in [0, 0.05) is 13.1 Å². The lowest BCUT2D eigenvalue weighted by molar-refractivity contribution is 0.0883. The van der Waals surface area contributed by atoms with Crippen LogP contribution < -0.4 is 5.32 Å². The summed E-state index contributed by atoms with van der Waals surface area (Å²) in [5.74, 6) is 0.622. The SMILES string of the molecule is O=C(Nc1nnc(-c2ccco2)s1)N1CCCC(O)C1. The van der Waals surface area contributed by atoms with E-state index in [1.165, 1.54) is 11.3 Å². The Morgan fingerprint density at radius 1 is 1.55 bits per heavy atom. The molecule has 1 atom stereocenters. The second-order valence-electron chi connectivity index (χ2n) is 4.56. The number of urea groups is 1. The van der Waals surface area contributed by atoms with Crippen molar-refractivity contribution in [1.82, 2.24) is 15.1 Å². The van der Waals surface area contributed by atoms with Crippen molar-refractivity contribution in [3.8, 4) is 10.8 Å². The van der Waals surface area contributed by atoms with E-state index >= 15 is 0 Å². The molecule has 2 amide bonds. The third-order valence-corrected chi connectivity index (χ3v) is 3.91. The molecule has 0 bridgehead atoms. The van der Waals surface area contributed by atoms with Gasteiger partial charge in [-0.1, -0.05) is 11.3 Å². The summed E-state index contributed by atoms with van der Waals surface area (Å²) in [4.78, 5) is 13.6. The summed E-state index contributed by atoms with van der Waals surface area (Å²) in [7, 11) is 0. The number of hydrogen-bond donors (Lipinski definition) is 2. The topological polar surface area (TPSA) is 91.5 Å². The highest BCUT2D eigenvalue weighted by molar-refractivity contribution is 7.18. The first kappa shape index (κ1) is 13.1. The molecule has 0 spiro atoms. The van der Waals surface area contributed by atoms with Gasteiger partial charge in [0.05, 0.1) is 12.4 Å². The number of amides is 2. The van der Waals surface area contributed by atoms with Crippen LogP contribution in [0.2, 0.25) is 0 Å². The molecule has 1 saturated heterocycles. The van der Waals surface area contributed by atoms with Crippen LogP contribution in [0.5, 0.6) is 0 Å². The number of piperidine rings is 1. The van der Waals surface area contributed by atoms with Gasteiger partial charge in [0.15, 0.2) is 10.8 Å². The zero-order valence-corrected chi connectivity index (χ0v) is 11.5. The molecule has 2 aromatic rings. The predicted octanol–water partition coefficient (Wildman–Crippen LogP) is 1.79. The van der Waals surface area contributed by atoms with Gasteiger partial charge in [-0.25, -0.2) is 4.79 Å². The maximum atomic E-state index is 12.0. The molecule has 1 aliphatic heterocycles. The number of carbonyl (C=O) groups excluding carboxylic acids is 1. The fraction of sp³-hybridized carbons (Fsp3) is 0.417. The highest BCUT2D eigenvalue weighted by atomic mass is 32.1. The molecule has 0 aromatic carbocycles. The van der Waals surface area contributed by atoms with E-state index in [4.69, 9.17) is 4.42 Å². The highest BCUT2D eigenvalue weighted by Gasteiger charge is 2.23. The molecule has 0 aliphatic carbocycles. The van der Waals surface area contributed by atoms with Crippen molar-refractivity contribution in [2.45, 2.75) is 18.9 Å². The van der Waals surface area contributed by atoms with Gasteiger partial charge < -0.3 is 14.4 Å². The molecule has 20 heavy (non-hydrogen) atoms. The molecule has 2 aromatic heterocycles. The van der Waals surface area contributed by atoms with E-state index in [1.54, 1.807) is 23.3 Å². The zero-order valence-electron chi connectivity index (χ0n) is 10.7.